The van der Waals surface area contributed by atoms with Crippen molar-refractivity contribution in [1.29, 1.82) is 5.26 Å². The van der Waals surface area contributed by atoms with Crippen LogP contribution in [0.5, 0.6) is 0 Å². The molecule has 15 heteroatoms. The maximum Gasteiger partial charge on any atom is 0.416 e. The zero-order chi connectivity index (χ0) is 28.6. The van der Waals surface area contributed by atoms with Crippen molar-refractivity contribution in [2.75, 3.05) is 0 Å². The molecular formula is C24H18Cl2F4N6O3. The molecule has 0 saturated heterocycles. The van der Waals surface area contributed by atoms with Crippen LogP contribution in [0, 0.1) is 17.1 Å². The SMILES string of the molecule is C[C@H](O)c1nc(Cn2c(C#N)c(-c3ccc(Cl)cc3)n(C[C@H](O)C(F)(F)F)c2=O)nn1-c1cc(F)cc(Cl)c1. The van der Waals surface area contributed by atoms with E-state index in [4.69, 9.17) is 23.2 Å². The van der Waals surface area contributed by atoms with Gasteiger partial charge in [-0.3, -0.25) is 9.13 Å². The van der Waals surface area contributed by atoms with Gasteiger partial charge in [0.2, 0.25) is 0 Å². The summed E-state index contributed by atoms with van der Waals surface area (Å²) >= 11 is 11.8. The summed E-state index contributed by atoms with van der Waals surface area (Å²) in [6.45, 7) is -0.330. The summed E-state index contributed by atoms with van der Waals surface area (Å²) in [6.07, 6.45) is -9.15. The number of aliphatic hydroxyl groups is 2. The standard InChI is InChI=1S/C24H18Cl2F4N6O3/c1-12(37)22-32-20(33-36(22)17-7-15(26)6-16(27)8-17)11-34-18(9-31)21(13-2-4-14(25)5-3-13)35(23(34)39)10-19(38)24(28,29)30/h2-8,12,19,37-38H,10-11H2,1H3/t12-,19-/m0/s1. The van der Waals surface area contributed by atoms with Gasteiger partial charge in [0.05, 0.1) is 24.5 Å². The van der Waals surface area contributed by atoms with Crippen LogP contribution in [-0.2, 0) is 13.1 Å². The van der Waals surface area contributed by atoms with Crippen LogP contribution in [0.15, 0.2) is 47.3 Å². The fourth-order valence-electron chi connectivity index (χ4n) is 3.90. The number of nitrogens with zero attached hydrogens (tertiary/aromatic N) is 6. The van der Waals surface area contributed by atoms with Crippen molar-refractivity contribution in [3.05, 3.63) is 86.2 Å². The molecule has 0 aliphatic heterocycles. The molecule has 0 spiro atoms. The van der Waals surface area contributed by atoms with Crippen LogP contribution in [-0.4, -0.2) is 46.4 Å². The maximum absolute atomic E-state index is 14.0. The van der Waals surface area contributed by atoms with Crippen molar-refractivity contribution in [2.24, 2.45) is 0 Å². The smallest absolute Gasteiger partial charge is 0.385 e. The van der Waals surface area contributed by atoms with Crippen molar-refractivity contribution in [1.82, 2.24) is 23.9 Å². The second-order valence-corrected chi connectivity index (χ2v) is 9.33. The molecular weight excluding hydrogens is 567 g/mol. The molecule has 0 aliphatic carbocycles. The first-order valence-corrected chi connectivity index (χ1v) is 11.9. The van der Waals surface area contributed by atoms with Gasteiger partial charge in [0, 0.05) is 15.6 Å². The molecule has 0 unspecified atom stereocenters. The summed E-state index contributed by atoms with van der Waals surface area (Å²) in [5.41, 5.74) is -1.27. The molecule has 204 valence electrons. The van der Waals surface area contributed by atoms with Gasteiger partial charge in [-0.1, -0.05) is 35.3 Å². The molecule has 0 saturated carbocycles. The number of alkyl halides is 3. The van der Waals surface area contributed by atoms with Crippen LogP contribution in [0.3, 0.4) is 0 Å². The van der Waals surface area contributed by atoms with E-state index in [0.29, 0.717) is 9.59 Å². The topological polar surface area (TPSA) is 122 Å². The van der Waals surface area contributed by atoms with Gasteiger partial charge in [0.25, 0.3) is 0 Å². The highest BCUT2D eigenvalue weighted by Gasteiger charge is 2.39. The van der Waals surface area contributed by atoms with Crippen LogP contribution >= 0.6 is 23.2 Å². The molecule has 0 aliphatic rings. The van der Waals surface area contributed by atoms with E-state index in [1.807, 2.05) is 6.07 Å². The molecule has 4 rings (SSSR count). The van der Waals surface area contributed by atoms with Gasteiger partial charge in [-0.15, -0.1) is 5.10 Å². The average Bonchev–Trinajstić information content (AvgIpc) is 3.38. The first kappa shape index (κ1) is 28.3. The van der Waals surface area contributed by atoms with Gasteiger partial charge >= 0.3 is 11.9 Å². The van der Waals surface area contributed by atoms with Crippen molar-refractivity contribution in [3.8, 4) is 23.0 Å². The molecule has 2 aromatic carbocycles. The molecule has 39 heavy (non-hydrogen) atoms. The molecule has 2 N–H and O–H groups in total. The summed E-state index contributed by atoms with van der Waals surface area (Å²) in [5, 5.41) is 34.4. The second kappa shape index (κ2) is 10.8. The van der Waals surface area contributed by atoms with Gasteiger partial charge in [-0.05, 0) is 37.3 Å². The number of rotatable bonds is 7. The fraction of sp³-hybridized carbons (Fsp3) is 0.250. The fourth-order valence-corrected chi connectivity index (χ4v) is 4.24. The minimum atomic E-state index is -5.04. The highest BCUT2D eigenvalue weighted by molar-refractivity contribution is 6.31. The Kier molecular flexibility index (Phi) is 7.85. The second-order valence-electron chi connectivity index (χ2n) is 8.45. The summed E-state index contributed by atoms with van der Waals surface area (Å²) in [5.74, 6) is -0.869. The lowest BCUT2D eigenvalue weighted by Gasteiger charge is -2.16. The molecule has 2 atom stereocenters. The van der Waals surface area contributed by atoms with Gasteiger partial charge in [0.1, 0.15) is 23.7 Å². The van der Waals surface area contributed by atoms with Crippen molar-refractivity contribution in [3.63, 3.8) is 0 Å². The first-order valence-electron chi connectivity index (χ1n) is 11.1. The Hall–Kier alpha value is -3.70. The third kappa shape index (κ3) is 5.84. The Morgan fingerprint density at radius 2 is 1.74 bits per heavy atom. The van der Waals surface area contributed by atoms with Crippen LogP contribution in [0.2, 0.25) is 10.0 Å². The minimum absolute atomic E-state index is 0.0366. The molecule has 0 radical (unpaired) electrons. The lowest BCUT2D eigenvalue weighted by atomic mass is 10.1. The lowest BCUT2D eigenvalue weighted by molar-refractivity contribution is -0.207. The van der Waals surface area contributed by atoms with Gasteiger partial charge in [0.15, 0.2) is 17.8 Å². The van der Waals surface area contributed by atoms with E-state index in [1.54, 1.807) is 0 Å². The Morgan fingerprint density at radius 3 is 2.31 bits per heavy atom. The molecule has 0 amide bonds. The summed E-state index contributed by atoms with van der Waals surface area (Å²) < 4.78 is 56.1. The Balaban J connectivity index is 1.88. The zero-order valence-electron chi connectivity index (χ0n) is 19.9. The van der Waals surface area contributed by atoms with Crippen molar-refractivity contribution < 1.29 is 27.8 Å². The van der Waals surface area contributed by atoms with Gasteiger partial charge in [-0.25, -0.2) is 18.9 Å². The van der Waals surface area contributed by atoms with Crippen molar-refractivity contribution in [2.45, 2.75) is 38.4 Å². The molecule has 0 fully saturated rings. The van der Waals surface area contributed by atoms with Crippen LogP contribution in [0.4, 0.5) is 17.6 Å². The summed E-state index contributed by atoms with van der Waals surface area (Å²) in [6, 6.07) is 11.0. The molecule has 9 nitrogen and oxygen atoms in total. The highest BCUT2D eigenvalue weighted by Crippen LogP contribution is 2.28. The van der Waals surface area contributed by atoms with Crippen molar-refractivity contribution >= 4 is 23.2 Å². The number of imidazole rings is 1. The molecule has 2 heterocycles. The molecule has 4 aromatic rings. The van der Waals surface area contributed by atoms with E-state index in [-0.39, 0.29) is 39.3 Å². The predicted molar refractivity (Wildman–Crippen MR) is 132 cm³/mol. The van der Waals surface area contributed by atoms with E-state index in [0.717, 1.165) is 21.4 Å². The van der Waals surface area contributed by atoms with Crippen LogP contribution in [0.25, 0.3) is 16.9 Å². The van der Waals surface area contributed by atoms with E-state index in [1.165, 1.54) is 37.3 Å². The number of benzene rings is 2. The lowest BCUT2D eigenvalue weighted by Crippen LogP contribution is -2.37. The predicted octanol–water partition coefficient (Wildman–Crippen LogP) is 4.24. The number of halogens is 6. The Bertz CT molecular complexity index is 1600. The number of hydrogen-bond acceptors (Lipinski definition) is 6. The highest BCUT2D eigenvalue weighted by atomic mass is 35.5. The average molecular weight is 585 g/mol. The number of nitriles is 1. The monoisotopic (exact) mass is 584 g/mol. The largest absolute Gasteiger partial charge is 0.416 e. The third-order valence-electron chi connectivity index (χ3n) is 5.62. The van der Waals surface area contributed by atoms with Crippen LogP contribution in [0.1, 0.15) is 30.4 Å². The van der Waals surface area contributed by atoms with E-state index in [9.17, 15) is 37.8 Å². The Morgan fingerprint density at radius 1 is 1.08 bits per heavy atom. The van der Waals surface area contributed by atoms with E-state index < -0.39 is 43.0 Å². The first-order chi connectivity index (χ1) is 18.3. The third-order valence-corrected chi connectivity index (χ3v) is 6.09. The minimum Gasteiger partial charge on any atom is -0.385 e. The Labute approximate surface area is 227 Å². The molecule has 2 aromatic heterocycles. The van der Waals surface area contributed by atoms with E-state index in [2.05, 4.69) is 10.1 Å². The zero-order valence-corrected chi connectivity index (χ0v) is 21.4. The number of aliphatic hydroxyl groups excluding tert-OH is 2. The number of hydrogen-bond donors (Lipinski definition) is 2. The maximum atomic E-state index is 14.0. The summed E-state index contributed by atoms with van der Waals surface area (Å²) in [7, 11) is 0. The molecule has 0 bridgehead atoms. The van der Waals surface area contributed by atoms with Gasteiger partial charge in [-0.2, -0.15) is 18.4 Å². The summed E-state index contributed by atoms with van der Waals surface area (Å²) in [4.78, 5) is 17.5. The van der Waals surface area contributed by atoms with Gasteiger partial charge < -0.3 is 10.2 Å². The van der Waals surface area contributed by atoms with Crippen LogP contribution < -0.4 is 5.69 Å². The quantitative estimate of drug-likeness (QED) is 0.313. The normalized spacial score (nSPS) is 13.3. The van der Waals surface area contributed by atoms with E-state index >= 15 is 0 Å². The number of aromatic nitrogens is 5.